The number of amides is 2. The lowest BCUT2D eigenvalue weighted by Gasteiger charge is -2.16. The Morgan fingerprint density at radius 2 is 1.75 bits per heavy atom. The van der Waals surface area contributed by atoms with E-state index in [2.05, 4.69) is 10.6 Å². The Bertz CT molecular complexity index is 877. The number of nitrogens with one attached hydrogen (secondary N) is 2. The first-order chi connectivity index (χ1) is 13.3. The maximum Gasteiger partial charge on any atom is 0.325 e. The van der Waals surface area contributed by atoms with Crippen LogP contribution in [-0.4, -0.2) is 30.9 Å². The van der Waals surface area contributed by atoms with Gasteiger partial charge in [0.05, 0.1) is 6.04 Å². The SMILES string of the molecule is Cc1cccc(C(=O)NCC(=O)OCC(=O)NC(C)c2ccc(C)c(C)c2)c1. The second-order valence-corrected chi connectivity index (χ2v) is 6.85. The third-order valence-corrected chi connectivity index (χ3v) is 4.45. The fraction of sp³-hybridized carbons (Fsp3) is 0.318. The molecule has 2 N–H and O–H groups in total. The molecule has 6 heteroatoms. The fourth-order valence-electron chi connectivity index (χ4n) is 2.64. The maximum atomic E-state index is 12.0. The van der Waals surface area contributed by atoms with Crippen molar-refractivity contribution in [3.63, 3.8) is 0 Å². The Balaban J connectivity index is 1.75. The lowest BCUT2D eigenvalue weighted by molar-refractivity contribution is -0.147. The van der Waals surface area contributed by atoms with E-state index in [1.165, 1.54) is 5.56 Å². The highest BCUT2D eigenvalue weighted by Gasteiger charge is 2.13. The summed E-state index contributed by atoms with van der Waals surface area (Å²) in [7, 11) is 0. The van der Waals surface area contributed by atoms with Crippen LogP contribution in [0.2, 0.25) is 0 Å². The summed E-state index contributed by atoms with van der Waals surface area (Å²) in [6.45, 7) is 7.09. The number of rotatable bonds is 7. The average Bonchev–Trinajstić information content (AvgIpc) is 2.66. The number of carbonyl (C=O) groups excluding carboxylic acids is 3. The smallest absolute Gasteiger partial charge is 0.325 e. The Labute approximate surface area is 165 Å². The first kappa shape index (κ1) is 21.2. The zero-order chi connectivity index (χ0) is 20.7. The van der Waals surface area contributed by atoms with Crippen molar-refractivity contribution in [2.75, 3.05) is 13.2 Å². The van der Waals surface area contributed by atoms with E-state index in [0.29, 0.717) is 5.56 Å². The molecule has 0 heterocycles. The first-order valence-electron chi connectivity index (χ1n) is 9.13. The molecule has 0 aliphatic carbocycles. The van der Waals surface area contributed by atoms with Gasteiger partial charge in [0.2, 0.25) is 0 Å². The van der Waals surface area contributed by atoms with Gasteiger partial charge in [-0.3, -0.25) is 14.4 Å². The van der Waals surface area contributed by atoms with E-state index in [1.807, 2.05) is 52.0 Å². The summed E-state index contributed by atoms with van der Waals surface area (Å²) in [6.07, 6.45) is 0. The molecule has 0 aliphatic rings. The maximum absolute atomic E-state index is 12.0. The third-order valence-electron chi connectivity index (χ3n) is 4.45. The zero-order valence-corrected chi connectivity index (χ0v) is 16.7. The van der Waals surface area contributed by atoms with E-state index < -0.39 is 18.5 Å². The van der Waals surface area contributed by atoms with Crippen LogP contribution in [-0.2, 0) is 14.3 Å². The zero-order valence-electron chi connectivity index (χ0n) is 16.7. The van der Waals surface area contributed by atoms with Crippen LogP contribution < -0.4 is 10.6 Å². The van der Waals surface area contributed by atoms with E-state index in [4.69, 9.17) is 4.74 Å². The third kappa shape index (κ3) is 6.23. The molecular weight excluding hydrogens is 356 g/mol. The van der Waals surface area contributed by atoms with Gasteiger partial charge in [0.1, 0.15) is 6.54 Å². The van der Waals surface area contributed by atoms with Crippen molar-refractivity contribution in [1.82, 2.24) is 10.6 Å². The lowest BCUT2D eigenvalue weighted by Crippen LogP contribution is -2.34. The van der Waals surface area contributed by atoms with E-state index in [-0.39, 0.29) is 18.5 Å². The van der Waals surface area contributed by atoms with Crippen LogP contribution >= 0.6 is 0 Å². The normalized spacial score (nSPS) is 11.4. The lowest BCUT2D eigenvalue weighted by atomic mass is 10.0. The Hall–Kier alpha value is -3.15. The second kappa shape index (κ2) is 9.69. The molecule has 0 radical (unpaired) electrons. The minimum Gasteiger partial charge on any atom is -0.454 e. The van der Waals surface area contributed by atoms with Crippen molar-refractivity contribution in [3.05, 3.63) is 70.3 Å². The number of ether oxygens (including phenoxy) is 1. The van der Waals surface area contributed by atoms with Crippen LogP contribution in [0.5, 0.6) is 0 Å². The summed E-state index contributed by atoms with van der Waals surface area (Å²) in [6, 6.07) is 12.8. The molecule has 0 saturated carbocycles. The highest BCUT2D eigenvalue weighted by Crippen LogP contribution is 2.16. The molecule has 1 atom stereocenters. The fourth-order valence-corrected chi connectivity index (χ4v) is 2.64. The number of hydrogen-bond donors (Lipinski definition) is 2. The monoisotopic (exact) mass is 382 g/mol. The number of esters is 1. The van der Waals surface area contributed by atoms with Gasteiger partial charge in [-0.05, 0) is 56.5 Å². The molecule has 0 spiro atoms. The van der Waals surface area contributed by atoms with E-state index in [1.54, 1.807) is 18.2 Å². The molecule has 148 valence electrons. The minimum atomic E-state index is -0.671. The summed E-state index contributed by atoms with van der Waals surface area (Å²) < 4.78 is 4.93. The van der Waals surface area contributed by atoms with Crippen LogP contribution in [0.3, 0.4) is 0 Å². The van der Waals surface area contributed by atoms with Crippen LogP contribution in [0, 0.1) is 20.8 Å². The van der Waals surface area contributed by atoms with Gasteiger partial charge >= 0.3 is 5.97 Å². The van der Waals surface area contributed by atoms with Gasteiger partial charge in [-0.15, -0.1) is 0 Å². The summed E-state index contributed by atoms with van der Waals surface area (Å²) in [5, 5.41) is 5.27. The molecule has 28 heavy (non-hydrogen) atoms. The van der Waals surface area contributed by atoms with Gasteiger partial charge in [0.15, 0.2) is 6.61 Å². The molecule has 0 bridgehead atoms. The Morgan fingerprint density at radius 1 is 1.00 bits per heavy atom. The molecule has 6 nitrogen and oxygen atoms in total. The average molecular weight is 382 g/mol. The first-order valence-corrected chi connectivity index (χ1v) is 9.13. The molecule has 2 aromatic rings. The van der Waals surface area contributed by atoms with Crippen molar-refractivity contribution in [2.45, 2.75) is 33.7 Å². The van der Waals surface area contributed by atoms with Crippen LogP contribution in [0.25, 0.3) is 0 Å². The van der Waals surface area contributed by atoms with Crippen LogP contribution in [0.4, 0.5) is 0 Å². The van der Waals surface area contributed by atoms with Gasteiger partial charge in [0, 0.05) is 5.56 Å². The quantitative estimate of drug-likeness (QED) is 0.721. The van der Waals surface area contributed by atoms with Gasteiger partial charge in [-0.25, -0.2) is 0 Å². The number of carbonyl (C=O) groups is 3. The summed E-state index contributed by atoms with van der Waals surface area (Å²) in [5.74, 6) is -1.44. The van der Waals surface area contributed by atoms with Gasteiger partial charge < -0.3 is 15.4 Å². The van der Waals surface area contributed by atoms with Crippen molar-refractivity contribution in [3.8, 4) is 0 Å². The van der Waals surface area contributed by atoms with Crippen molar-refractivity contribution < 1.29 is 19.1 Å². The molecule has 0 saturated heterocycles. The molecule has 2 aromatic carbocycles. The molecule has 2 rings (SSSR count). The molecule has 0 aliphatic heterocycles. The standard InChI is InChI=1S/C22H26N2O4/c1-14-6-5-7-19(10-14)22(27)23-12-21(26)28-13-20(25)24-17(4)18-9-8-15(2)16(3)11-18/h5-11,17H,12-13H2,1-4H3,(H,23,27)(H,24,25). The molecule has 0 fully saturated rings. The van der Waals surface area contributed by atoms with Gasteiger partial charge in [0.25, 0.3) is 11.8 Å². The molecule has 2 amide bonds. The van der Waals surface area contributed by atoms with E-state index in [0.717, 1.165) is 16.7 Å². The minimum absolute atomic E-state index is 0.202. The molecular formula is C22H26N2O4. The summed E-state index contributed by atoms with van der Waals surface area (Å²) in [4.78, 5) is 35.8. The Morgan fingerprint density at radius 3 is 2.43 bits per heavy atom. The summed E-state index contributed by atoms with van der Waals surface area (Å²) in [5.41, 5.74) is 4.73. The molecule has 1 unspecified atom stereocenters. The largest absolute Gasteiger partial charge is 0.454 e. The topological polar surface area (TPSA) is 84.5 Å². The van der Waals surface area contributed by atoms with Crippen molar-refractivity contribution >= 4 is 17.8 Å². The van der Waals surface area contributed by atoms with Crippen LogP contribution in [0.1, 0.15) is 45.6 Å². The van der Waals surface area contributed by atoms with E-state index in [9.17, 15) is 14.4 Å². The summed E-state index contributed by atoms with van der Waals surface area (Å²) >= 11 is 0. The van der Waals surface area contributed by atoms with Gasteiger partial charge in [-0.2, -0.15) is 0 Å². The van der Waals surface area contributed by atoms with Crippen molar-refractivity contribution in [2.24, 2.45) is 0 Å². The highest BCUT2D eigenvalue weighted by atomic mass is 16.5. The second-order valence-electron chi connectivity index (χ2n) is 6.85. The number of hydrogen-bond acceptors (Lipinski definition) is 4. The number of aryl methyl sites for hydroxylation is 3. The van der Waals surface area contributed by atoms with E-state index >= 15 is 0 Å². The van der Waals surface area contributed by atoms with Crippen molar-refractivity contribution in [1.29, 1.82) is 0 Å². The predicted molar refractivity (Wildman–Crippen MR) is 107 cm³/mol. The van der Waals surface area contributed by atoms with Crippen LogP contribution in [0.15, 0.2) is 42.5 Å². The molecule has 0 aromatic heterocycles. The highest BCUT2D eigenvalue weighted by molar-refractivity contribution is 5.96. The number of benzene rings is 2. The Kier molecular flexibility index (Phi) is 7.32. The van der Waals surface area contributed by atoms with Gasteiger partial charge in [-0.1, -0.05) is 35.9 Å². The predicted octanol–water partition coefficient (Wildman–Crippen LogP) is 2.76.